The summed E-state index contributed by atoms with van der Waals surface area (Å²) >= 11 is 0. The molecule has 0 spiro atoms. The van der Waals surface area contributed by atoms with Crippen LogP contribution in [-0.2, 0) is 4.79 Å². The minimum Gasteiger partial charge on any atom is -0.480 e. The second-order valence-corrected chi connectivity index (χ2v) is 5.07. The Balaban J connectivity index is 2.68. The number of likely N-dealkylation sites (tertiary alicyclic amines) is 1. The number of hydrogen-bond acceptors (Lipinski definition) is 3. The summed E-state index contributed by atoms with van der Waals surface area (Å²) in [4.78, 5) is 25.6. The molecule has 1 fully saturated rings. The first-order valence-corrected chi connectivity index (χ1v) is 6.27. The fourth-order valence-corrected chi connectivity index (χ4v) is 2.12. The maximum Gasteiger partial charge on any atom is 0.323 e. The molecule has 1 aliphatic heterocycles. The van der Waals surface area contributed by atoms with E-state index in [4.69, 9.17) is 11.5 Å². The third kappa shape index (κ3) is 4.79. The van der Waals surface area contributed by atoms with Crippen molar-refractivity contribution >= 4 is 12.0 Å². The van der Waals surface area contributed by atoms with Crippen LogP contribution in [0.5, 0.6) is 0 Å². The second kappa shape index (κ2) is 6.43. The van der Waals surface area contributed by atoms with Gasteiger partial charge in [0.25, 0.3) is 0 Å². The number of carboxylic acids is 1. The predicted octanol–water partition coefficient (Wildman–Crippen LogP) is 0.363. The van der Waals surface area contributed by atoms with Crippen LogP contribution in [0.4, 0.5) is 4.79 Å². The van der Waals surface area contributed by atoms with Crippen molar-refractivity contribution in [1.82, 2.24) is 9.80 Å². The Morgan fingerprint density at radius 3 is 2.68 bits per heavy atom. The largest absolute Gasteiger partial charge is 0.480 e. The van der Waals surface area contributed by atoms with Crippen molar-refractivity contribution in [3.8, 4) is 12.3 Å². The molecule has 6 nitrogen and oxygen atoms in total. The molecule has 6 heteroatoms. The highest BCUT2D eigenvalue weighted by atomic mass is 16.4. The highest BCUT2D eigenvalue weighted by Crippen LogP contribution is 2.21. The maximum atomic E-state index is 12.2. The molecular weight excluding hydrogens is 248 g/mol. The van der Waals surface area contributed by atoms with Gasteiger partial charge in [-0.15, -0.1) is 6.42 Å². The number of carbonyl (C=O) groups is 2. The third-order valence-corrected chi connectivity index (χ3v) is 3.21. The van der Waals surface area contributed by atoms with Gasteiger partial charge in [0.2, 0.25) is 0 Å². The van der Waals surface area contributed by atoms with E-state index in [9.17, 15) is 14.7 Å². The number of carboxylic acid groups (broad SMARTS) is 1. The van der Waals surface area contributed by atoms with E-state index in [-0.39, 0.29) is 12.6 Å². The second-order valence-electron chi connectivity index (χ2n) is 5.07. The number of carbonyl (C=O) groups excluding carboxylic acids is 1. The van der Waals surface area contributed by atoms with E-state index in [1.54, 1.807) is 11.8 Å². The van der Waals surface area contributed by atoms with Crippen LogP contribution in [0, 0.1) is 12.3 Å². The van der Waals surface area contributed by atoms with Crippen LogP contribution in [0.25, 0.3) is 0 Å². The van der Waals surface area contributed by atoms with Gasteiger partial charge in [0.1, 0.15) is 6.54 Å². The lowest BCUT2D eigenvalue weighted by molar-refractivity contribution is -0.137. The molecule has 0 aromatic rings. The van der Waals surface area contributed by atoms with Crippen LogP contribution >= 0.6 is 0 Å². The molecule has 2 N–H and O–H groups in total. The Labute approximate surface area is 113 Å². The zero-order chi connectivity index (χ0) is 14.5. The van der Waals surface area contributed by atoms with Gasteiger partial charge in [-0.25, -0.2) is 4.79 Å². The average Bonchev–Trinajstić information content (AvgIpc) is 2.48. The number of nitrogens with zero attached hydrogens (tertiary/aromatic N) is 2. The summed E-state index contributed by atoms with van der Waals surface area (Å²) in [5.41, 5.74) is -0.765. The van der Waals surface area contributed by atoms with Crippen molar-refractivity contribution < 1.29 is 19.8 Å². The van der Waals surface area contributed by atoms with Gasteiger partial charge in [0.05, 0.1) is 12.1 Å². The van der Waals surface area contributed by atoms with Crippen molar-refractivity contribution in [2.24, 2.45) is 0 Å². The van der Waals surface area contributed by atoms with Gasteiger partial charge in [0.15, 0.2) is 0 Å². The molecule has 1 heterocycles. The van der Waals surface area contributed by atoms with Gasteiger partial charge < -0.3 is 20.0 Å². The molecule has 0 aromatic heterocycles. The van der Waals surface area contributed by atoms with E-state index in [2.05, 4.69) is 5.92 Å². The average molecular weight is 268 g/mol. The number of hydrogen-bond donors (Lipinski definition) is 2. The lowest BCUT2D eigenvalue weighted by Gasteiger charge is -2.28. The predicted molar refractivity (Wildman–Crippen MR) is 69.5 cm³/mol. The number of rotatable bonds is 3. The fourth-order valence-electron chi connectivity index (χ4n) is 2.12. The topological polar surface area (TPSA) is 81.1 Å². The van der Waals surface area contributed by atoms with E-state index >= 15 is 0 Å². The van der Waals surface area contributed by atoms with Crippen LogP contribution in [0.15, 0.2) is 0 Å². The molecule has 1 aliphatic rings. The first-order chi connectivity index (χ1) is 8.85. The third-order valence-electron chi connectivity index (χ3n) is 3.21. The highest BCUT2D eigenvalue weighted by molar-refractivity contribution is 5.80. The molecule has 1 saturated heterocycles. The number of amides is 2. The molecule has 0 aliphatic carbocycles. The zero-order valence-corrected chi connectivity index (χ0v) is 11.1. The van der Waals surface area contributed by atoms with E-state index < -0.39 is 18.1 Å². The van der Waals surface area contributed by atoms with E-state index in [0.717, 1.165) is 4.90 Å². The Morgan fingerprint density at radius 2 is 2.11 bits per heavy atom. The fraction of sp³-hybridized carbons (Fsp3) is 0.692. The Bertz CT molecular complexity index is 387. The molecule has 106 valence electrons. The van der Waals surface area contributed by atoms with Crippen LogP contribution < -0.4 is 0 Å². The summed E-state index contributed by atoms with van der Waals surface area (Å²) in [5.74, 6) is 1.20. The Kier molecular flexibility index (Phi) is 5.19. The van der Waals surface area contributed by atoms with Gasteiger partial charge >= 0.3 is 12.0 Å². The first kappa shape index (κ1) is 15.3. The van der Waals surface area contributed by atoms with Crippen LogP contribution in [0.3, 0.4) is 0 Å². The van der Waals surface area contributed by atoms with E-state index in [1.807, 2.05) is 0 Å². The minimum atomic E-state index is -1.09. The molecule has 0 radical (unpaired) electrons. The molecule has 19 heavy (non-hydrogen) atoms. The van der Waals surface area contributed by atoms with Crippen molar-refractivity contribution in [2.45, 2.75) is 31.8 Å². The van der Waals surface area contributed by atoms with Crippen molar-refractivity contribution in [2.75, 3.05) is 26.2 Å². The molecule has 0 bridgehead atoms. The normalized spacial score (nSPS) is 23.3. The summed E-state index contributed by atoms with van der Waals surface area (Å²) in [7, 11) is 0. The van der Waals surface area contributed by atoms with Crippen molar-refractivity contribution in [1.29, 1.82) is 0 Å². The molecule has 0 aromatic carbocycles. The number of urea groups is 1. The number of aliphatic hydroxyl groups is 1. The minimum absolute atomic E-state index is 0.0297. The smallest absolute Gasteiger partial charge is 0.323 e. The van der Waals surface area contributed by atoms with Crippen LogP contribution in [-0.4, -0.2) is 63.8 Å². The monoisotopic (exact) mass is 268 g/mol. The number of aliphatic carboxylic acids is 1. The molecule has 1 unspecified atom stereocenters. The van der Waals surface area contributed by atoms with E-state index in [0.29, 0.717) is 32.4 Å². The van der Waals surface area contributed by atoms with Gasteiger partial charge in [0, 0.05) is 13.1 Å². The highest BCUT2D eigenvalue weighted by Gasteiger charge is 2.29. The van der Waals surface area contributed by atoms with Crippen LogP contribution in [0.1, 0.15) is 26.2 Å². The molecular formula is C13H20N2O4. The van der Waals surface area contributed by atoms with Crippen molar-refractivity contribution in [3.63, 3.8) is 0 Å². The number of terminal acetylenes is 1. The first-order valence-electron chi connectivity index (χ1n) is 6.27. The summed E-state index contributed by atoms with van der Waals surface area (Å²) in [6.07, 6.45) is 6.95. The Hall–Kier alpha value is -1.74. The SMILES string of the molecule is C#CCN(CC(=O)O)C(=O)N1CCCC(C)(O)CC1. The molecule has 1 rings (SSSR count). The zero-order valence-electron chi connectivity index (χ0n) is 11.1. The molecule has 0 saturated carbocycles. The Morgan fingerprint density at radius 1 is 1.42 bits per heavy atom. The molecule has 1 atom stereocenters. The van der Waals surface area contributed by atoms with Crippen LogP contribution in [0.2, 0.25) is 0 Å². The van der Waals surface area contributed by atoms with Gasteiger partial charge in [-0.05, 0) is 26.2 Å². The lowest BCUT2D eigenvalue weighted by Crippen LogP contribution is -2.46. The lowest BCUT2D eigenvalue weighted by atomic mass is 9.98. The van der Waals surface area contributed by atoms with Crippen molar-refractivity contribution in [3.05, 3.63) is 0 Å². The van der Waals surface area contributed by atoms with Gasteiger partial charge in [-0.2, -0.15) is 0 Å². The summed E-state index contributed by atoms with van der Waals surface area (Å²) in [5, 5.41) is 18.7. The van der Waals surface area contributed by atoms with Gasteiger partial charge in [-0.3, -0.25) is 4.79 Å². The molecule has 2 amide bonds. The maximum absolute atomic E-state index is 12.2. The standard InChI is InChI=1S/C13H20N2O4/c1-3-7-15(10-11(16)17)12(18)14-8-4-5-13(2,19)6-9-14/h1,19H,4-10H2,2H3,(H,16,17). The quantitative estimate of drug-likeness (QED) is 0.724. The summed E-state index contributed by atoms with van der Waals surface area (Å²) in [6.45, 7) is 2.23. The summed E-state index contributed by atoms with van der Waals surface area (Å²) in [6, 6.07) is -0.377. The van der Waals surface area contributed by atoms with Gasteiger partial charge in [-0.1, -0.05) is 5.92 Å². The van der Waals surface area contributed by atoms with E-state index in [1.165, 1.54) is 0 Å². The summed E-state index contributed by atoms with van der Waals surface area (Å²) < 4.78 is 0.